The molecule has 0 N–H and O–H groups in total. The monoisotopic (exact) mass is 412 g/mol. The van der Waals surface area contributed by atoms with Gasteiger partial charge in [-0.1, -0.05) is 15.9 Å². The molecule has 0 amide bonds. The van der Waals surface area contributed by atoms with Crippen LogP contribution in [-0.4, -0.2) is 50.8 Å². The third-order valence-electron chi connectivity index (χ3n) is 5.43. The molecule has 2 fully saturated rings. The number of halogens is 1. The molecule has 6 heteroatoms. The summed E-state index contributed by atoms with van der Waals surface area (Å²) in [5.74, 6) is 1.55. The fourth-order valence-corrected chi connectivity index (χ4v) is 4.36. The maximum Gasteiger partial charge on any atom is 0.159 e. The minimum absolute atomic E-state index is 0.0677. The van der Waals surface area contributed by atoms with Crippen LogP contribution in [0, 0.1) is 5.92 Å². The van der Waals surface area contributed by atoms with Gasteiger partial charge in [0.05, 0.1) is 12.2 Å². The molecule has 0 unspecified atom stereocenters. The average molecular weight is 413 g/mol. The van der Waals surface area contributed by atoms with Gasteiger partial charge < -0.3 is 19.1 Å². The first-order valence-corrected chi connectivity index (χ1v) is 10.1. The van der Waals surface area contributed by atoms with Gasteiger partial charge in [-0.15, -0.1) is 0 Å². The van der Waals surface area contributed by atoms with Gasteiger partial charge in [-0.05, 0) is 50.7 Å². The number of piperidine rings is 1. The minimum Gasteiger partial charge on any atom is -0.375 e. The van der Waals surface area contributed by atoms with Crippen LogP contribution in [0.2, 0.25) is 0 Å². The van der Waals surface area contributed by atoms with Gasteiger partial charge in [0.25, 0.3) is 0 Å². The van der Waals surface area contributed by atoms with Crippen LogP contribution in [0.4, 0.5) is 5.82 Å². The first kappa shape index (κ1) is 19.1. The maximum atomic E-state index is 6.40. The number of ether oxygens (including phenoxy) is 3. The molecule has 1 aliphatic carbocycles. The molecule has 3 rings (SSSR count). The number of anilines is 1. The second-order valence-electron chi connectivity index (χ2n) is 7.03. The highest BCUT2D eigenvalue weighted by Gasteiger charge is 2.30. The Morgan fingerprint density at radius 3 is 2.28 bits per heavy atom. The second kappa shape index (κ2) is 9.31. The fourth-order valence-electron chi connectivity index (χ4n) is 4.04. The van der Waals surface area contributed by atoms with Crippen molar-refractivity contribution in [3.63, 3.8) is 0 Å². The van der Waals surface area contributed by atoms with Crippen molar-refractivity contribution in [2.24, 2.45) is 5.92 Å². The summed E-state index contributed by atoms with van der Waals surface area (Å²) in [6.07, 6.45) is 9.18. The Hall–Kier alpha value is -0.690. The zero-order valence-corrected chi connectivity index (χ0v) is 16.8. The highest BCUT2D eigenvalue weighted by Crippen LogP contribution is 2.32. The molecule has 1 aromatic heterocycles. The van der Waals surface area contributed by atoms with Gasteiger partial charge in [0.2, 0.25) is 0 Å². The van der Waals surface area contributed by atoms with Gasteiger partial charge in [0, 0.05) is 43.9 Å². The van der Waals surface area contributed by atoms with Crippen molar-refractivity contribution in [3.8, 4) is 0 Å². The molecule has 0 spiro atoms. The minimum atomic E-state index is -0.0677. The summed E-state index contributed by atoms with van der Waals surface area (Å²) in [5, 5.41) is 0. The van der Waals surface area contributed by atoms with Gasteiger partial charge in [-0.25, -0.2) is 4.98 Å². The summed E-state index contributed by atoms with van der Waals surface area (Å²) in [6.45, 7) is 2.03. The summed E-state index contributed by atoms with van der Waals surface area (Å²) in [7, 11) is 3.45. The van der Waals surface area contributed by atoms with Gasteiger partial charge in [-0.3, -0.25) is 0 Å². The van der Waals surface area contributed by atoms with E-state index in [4.69, 9.17) is 14.2 Å². The topological polar surface area (TPSA) is 43.8 Å². The molecule has 1 aliphatic heterocycles. The van der Waals surface area contributed by atoms with Gasteiger partial charge in [0.1, 0.15) is 5.82 Å². The molecular weight excluding hydrogens is 384 g/mol. The SMILES string of the molecule is COC(OC)[C@H]1CC[C@H](OC2CCN(c3cc(Br)ccn3)CC2)CC1. The fraction of sp³-hybridized carbons (Fsp3) is 0.737. The predicted molar refractivity (Wildman–Crippen MR) is 102 cm³/mol. The van der Waals surface area contributed by atoms with Crippen LogP contribution in [0.25, 0.3) is 0 Å². The summed E-state index contributed by atoms with van der Waals surface area (Å²) in [4.78, 5) is 6.83. The third-order valence-corrected chi connectivity index (χ3v) is 5.92. The lowest BCUT2D eigenvalue weighted by Gasteiger charge is -2.37. The summed E-state index contributed by atoms with van der Waals surface area (Å²) in [5.41, 5.74) is 0. The van der Waals surface area contributed by atoms with Crippen LogP contribution < -0.4 is 4.90 Å². The molecule has 1 saturated carbocycles. The maximum absolute atomic E-state index is 6.40. The second-order valence-corrected chi connectivity index (χ2v) is 7.95. The molecule has 0 aromatic carbocycles. The van der Waals surface area contributed by atoms with E-state index in [-0.39, 0.29) is 6.29 Å². The number of nitrogens with zero attached hydrogens (tertiary/aromatic N) is 2. The molecular formula is C19H29BrN2O3. The van der Waals surface area contributed by atoms with E-state index in [0.29, 0.717) is 18.1 Å². The number of pyridine rings is 1. The smallest absolute Gasteiger partial charge is 0.159 e. The number of aromatic nitrogens is 1. The summed E-state index contributed by atoms with van der Waals surface area (Å²) >= 11 is 3.52. The Labute approximate surface area is 159 Å². The number of hydrogen-bond donors (Lipinski definition) is 0. The largest absolute Gasteiger partial charge is 0.375 e. The van der Waals surface area contributed by atoms with Crippen molar-refractivity contribution in [1.82, 2.24) is 4.98 Å². The normalized spacial score (nSPS) is 25.5. The van der Waals surface area contributed by atoms with Crippen LogP contribution in [0.3, 0.4) is 0 Å². The molecule has 0 bridgehead atoms. The van der Waals surface area contributed by atoms with Crippen LogP contribution in [0.1, 0.15) is 38.5 Å². The van der Waals surface area contributed by atoms with E-state index in [9.17, 15) is 0 Å². The van der Waals surface area contributed by atoms with Crippen molar-refractivity contribution in [2.45, 2.75) is 57.0 Å². The van der Waals surface area contributed by atoms with E-state index >= 15 is 0 Å². The van der Waals surface area contributed by atoms with Gasteiger partial charge in [-0.2, -0.15) is 0 Å². The number of hydrogen-bond acceptors (Lipinski definition) is 5. The summed E-state index contributed by atoms with van der Waals surface area (Å²) in [6, 6.07) is 4.05. The van der Waals surface area contributed by atoms with Crippen LogP contribution in [0.5, 0.6) is 0 Å². The molecule has 0 atom stereocenters. The zero-order chi connectivity index (χ0) is 17.6. The van der Waals surface area contributed by atoms with E-state index in [1.54, 1.807) is 14.2 Å². The molecule has 0 radical (unpaired) electrons. The van der Waals surface area contributed by atoms with Gasteiger partial charge >= 0.3 is 0 Å². The highest BCUT2D eigenvalue weighted by atomic mass is 79.9. The average Bonchev–Trinajstić information content (AvgIpc) is 2.65. The van der Waals surface area contributed by atoms with Crippen LogP contribution in [-0.2, 0) is 14.2 Å². The van der Waals surface area contributed by atoms with Crippen molar-refractivity contribution >= 4 is 21.7 Å². The zero-order valence-electron chi connectivity index (χ0n) is 15.2. The van der Waals surface area contributed by atoms with Crippen LogP contribution in [0.15, 0.2) is 22.8 Å². The Morgan fingerprint density at radius 2 is 1.68 bits per heavy atom. The summed E-state index contributed by atoms with van der Waals surface area (Å²) < 4.78 is 18.3. The van der Waals surface area contributed by atoms with Gasteiger partial charge in [0.15, 0.2) is 6.29 Å². The molecule has 140 valence electrons. The van der Waals surface area contributed by atoms with Crippen molar-refractivity contribution in [2.75, 3.05) is 32.2 Å². The number of rotatable bonds is 6. The standard InChI is InChI=1S/C19H29BrN2O3/c1-23-19(24-2)14-3-5-16(6-4-14)25-17-8-11-22(12-9-17)18-13-15(20)7-10-21-18/h7,10,13-14,16-17,19H,3-6,8-9,11-12H2,1-2H3/t14-,16-. The van der Waals surface area contributed by atoms with Crippen molar-refractivity contribution < 1.29 is 14.2 Å². The Morgan fingerprint density at radius 1 is 1.04 bits per heavy atom. The highest BCUT2D eigenvalue weighted by molar-refractivity contribution is 9.10. The van der Waals surface area contributed by atoms with Crippen LogP contribution >= 0.6 is 15.9 Å². The predicted octanol–water partition coefficient (Wildman–Crippen LogP) is 4.01. The molecule has 1 aromatic rings. The van der Waals surface area contributed by atoms with E-state index in [2.05, 4.69) is 31.9 Å². The van der Waals surface area contributed by atoms with E-state index in [0.717, 1.165) is 61.9 Å². The molecule has 1 saturated heterocycles. The Kier molecular flexibility index (Phi) is 7.10. The lowest BCUT2D eigenvalue weighted by Crippen LogP contribution is -2.40. The lowest BCUT2D eigenvalue weighted by atomic mass is 9.86. The molecule has 2 heterocycles. The van der Waals surface area contributed by atoms with E-state index < -0.39 is 0 Å². The number of methoxy groups -OCH3 is 2. The Bertz CT molecular complexity index is 525. The van der Waals surface area contributed by atoms with E-state index in [1.165, 1.54) is 0 Å². The molecule has 5 nitrogen and oxygen atoms in total. The lowest BCUT2D eigenvalue weighted by molar-refractivity contribution is -0.153. The van der Waals surface area contributed by atoms with Crippen molar-refractivity contribution in [1.29, 1.82) is 0 Å². The third kappa shape index (κ3) is 5.16. The van der Waals surface area contributed by atoms with E-state index in [1.807, 2.05) is 12.3 Å². The quantitative estimate of drug-likeness (QED) is 0.660. The Balaban J connectivity index is 1.41. The van der Waals surface area contributed by atoms with Crippen molar-refractivity contribution in [3.05, 3.63) is 22.8 Å². The first-order chi connectivity index (χ1) is 12.2. The molecule has 2 aliphatic rings. The molecule has 25 heavy (non-hydrogen) atoms. The first-order valence-electron chi connectivity index (χ1n) is 9.27.